The molecule has 0 aromatic rings. The molecule has 42 heavy (non-hydrogen) atoms. The van der Waals surface area contributed by atoms with E-state index in [1.807, 2.05) is 20.8 Å². The van der Waals surface area contributed by atoms with Crippen LogP contribution < -0.4 is 21.7 Å². The fourth-order valence-electron chi connectivity index (χ4n) is 7.31. The van der Waals surface area contributed by atoms with Gasteiger partial charge in [0.05, 0.1) is 12.1 Å². The molecule has 4 fully saturated rings. The minimum Gasteiger partial charge on any atom is -0.363 e. The summed E-state index contributed by atoms with van der Waals surface area (Å²) in [6.07, 6.45) is 7.10. The molecule has 1 heterocycles. The number of nitrogens with two attached hydrogens (primary N) is 1. The van der Waals surface area contributed by atoms with E-state index in [1.54, 1.807) is 0 Å². The summed E-state index contributed by atoms with van der Waals surface area (Å²) in [4.78, 5) is 79.4. The molecule has 0 aromatic carbocycles. The predicted octanol–water partition coefficient (Wildman–Crippen LogP) is 2.06. The van der Waals surface area contributed by atoms with Gasteiger partial charge in [0, 0.05) is 6.54 Å². The maximum absolute atomic E-state index is 14.2. The van der Waals surface area contributed by atoms with Crippen LogP contribution in [0.15, 0.2) is 0 Å². The number of fused-ring (bicyclic) bond motifs is 1. The van der Waals surface area contributed by atoms with Crippen LogP contribution in [0.2, 0.25) is 0 Å². The highest BCUT2D eigenvalue weighted by atomic mass is 16.2. The van der Waals surface area contributed by atoms with Crippen molar-refractivity contribution < 1.29 is 28.8 Å². The summed E-state index contributed by atoms with van der Waals surface area (Å²) in [6.45, 7) is 11.5. The van der Waals surface area contributed by atoms with Crippen LogP contribution in [0.4, 0.5) is 4.79 Å². The molecule has 5 amide bonds. The molecule has 0 bridgehead atoms. The average molecular weight is 588 g/mol. The number of amides is 5. The fraction of sp³-hybridized carbons (Fsp3) is 0.806. The van der Waals surface area contributed by atoms with Gasteiger partial charge in [-0.05, 0) is 60.7 Å². The Morgan fingerprint density at radius 2 is 1.55 bits per heavy atom. The summed E-state index contributed by atoms with van der Waals surface area (Å²) in [5, 5.41) is 8.44. The third-order valence-electron chi connectivity index (χ3n) is 10.1. The Morgan fingerprint density at radius 1 is 0.929 bits per heavy atom. The van der Waals surface area contributed by atoms with Crippen LogP contribution in [-0.4, -0.2) is 70.9 Å². The number of hydrogen-bond donors (Lipinski definition) is 4. The van der Waals surface area contributed by atoms with Gasteiger partial charge in [-0.2, -0.15) is 0 Å². The van der Waals surface area contributed by atoms with Crippen molar-refractivity contribution in [3.8, 4) is 0 Å². The molecule has 234 valence electrons. The number of rotatable bonds is 11. The average Bonchev–Trinajstić information content (AvgIpc) is 3.76. The highest BCUT2D eigenvalue weighted by Crippen LogP contribution is 2.65. The molecule has 0 spiro atoms. The van der Waals surface area contributed by atoms with Crippen molar-refractivity contribution >= 4 is 35.3 Å². The van der Waals surface area contributed by atoms with Gasteiger partial charge < -0.3 is 26.6 Å². The van der Waals surface area contributed by atoms with Gasteiger partial charge in [-0.25, -0.2) is 4.79 Å². The highest BCUT2D eigenvalue weighted by molar-refractivity contribution is 6.37. The normalized spacial score (nSPS) is 27.2. The maximum Gasteiger partial charge on any atom is 0.316 e. The standard InChI is InChI=1S/C31H49N5O6/c1-16(37)22(18-10-8-7-9-11-18)34-29(42)35-25(30(2,3)4)28(41)36-15-19-21(31(19,5)6)23(36)27(40)33-20(14-17-12-13-17)24(38)26(32)39/h17-23,25H,7-15H2,1-6H3,(H2,32,39)(H,33,40)(H2,34,35,42)/t19?,20?,21-,22+,23-,25+/m0/s1. The molecule has 4 aliphatic rings. The molecule has 0 aromatic heterocycles. The second kappa shape index (κ2) is 12.0. The Hall–Kier alpha value is -2.98. The molecule has 3 aliphatic carbocycles. The van der Waals surface area contributed by atoms with Crippen LogP contribution in [0.25, 0.3) is 0 Å². The zero-order valence-corrected chi connectivity index (χ0v) is 26.0. The summed E-state index contributed by atoms with van der Waals surface area (Å²) in [5.74, 6) is -2.61. The van der Waals surface area contributed by atoms with Crippen LogP contribution in [0.1, 0.15) is 92.9 Å². The Kier molecular flexibility index (Phi) is 9.09. The summed E-state index contributed by atoms with van der Waals surface area (Å²) in [5.41, 5.74) is 4.40. The van der Waals surface area contributed by atoms with Crippen LogP contribution in [-0.2, 0) is 24.0 Å². The van der Waals surface area contributed by atoms with E-state index < -0.39 is 59.1 Å². The number of likely N-dealkylation sites (tertiary alicyclic amines) is 1. The molecule has 1 saturated heterocycles. The van der Waals surface area contributed by atoms with Crippen molar-refractivity contribution in [3.05, 3.63) is 0 Å². The van der Waals surface area contributed by atoms with E-state index in [9.17, 15) is 28.8 Å². The van der Waals surface area contributed by atoms with Crippen LogP contribution in [0.3, 0.4) is 0 Å². The summed E-state index contributed by atoms with van der Waals surface area (Å²) in [6, 6.07) is -4.04. The predicted molar refractivity (Wildman–Crippen MR) is 156 cm³/mol. The van der Waals surface area contributed by atoms with Crippen molar-refractivity contribution in [1.29, 1.82) is 0 Å². The smallest absolute Gasteiger partial charge is 0.316 e. The number of primary amides is 1. The molecule has 6 atom stereocenters. The first-order valence-electron chi connectivity index (χ1n) is 15.6. The van der Waals surface area contributed by atoms with Gasteiger partial charge in [0.2, 0.25) is 17.6 Å². The Morgan fingerprint density at radius 3 is 2.07 bits per heavy atom. The second-order valence-corrected chi connectivity index (χ2v) is 14.8. The van der Waals surface area contributed by atoms with Crippen molar-refractivity contribution in [2.75, 3.05) is 6.54 Å². The number of carbonyl (C=O) groups is 6. The lowest BCUT2D eigenvalue weighted by Gasteiger charge is -2.38. The zero-order valence-electron chi connectivity index (χ0n) is 26.0. The Bertz CT molecular complexity index is 1120. The van der Waals surface area contributed by atoms with E-state index in [1.165, 1.54) is 11.8 Å². The number of hydrogen-bond acceptors (Lipinski definition) is 6. The molecular formula is C31H49N5O6. The number of Topliss-reactive ketones (excluding diaryl/α,β-unsaturated/α-hetero) is 2. The van der Waals surface area contributed by atoms with E-state index in [0.29, 0.717) is 13.0 Å². The largest absolute Gasteiger partial charge is 0.363 e. The van der Waals surface area contributed by atoms with E-state index in [0.717, 1.165) is 44.9 Å². The molecule has 5 N–H and O–H groups in total. The number of urea groups is 1. The molecule has 4 rings (SSSR count). The first-order valence-corrected chi connectivity index (χ1v) is 15.6. The number of carbonyl (C=O) groups excluding carboxylic acids is 6. The Labute approximate surface area is 248 Å². The Balaban J connectivity index is 1.51. The lowest BCUT2D eigenvalue weighted by Crippen LogP contribution is -2.62. The summed E-state index contributed by atoms with van der Waals surface area (Å²) < 4.78 is 0. The highest BCUT2D eigenvalue weighted by Gasteiger charge is 2.70. The van der Waals surface area contributed by atoms with Gasteiger partial charge in [-0.3, -0.25) is 24.0 Å². The van der Waals surface area contributed by atoms with E-state index in [-0.39, 0.29) is 34.9 Å². The molecule has 3 saturated carbocycles. The first kappa shape index (κ1) is 31.9. The zero-order chi connectivity index (χ0) is 31.1. The topological polar surface area (TPSA) is 168 Å². The minimum absolute atomic E-state index is 0.0680. The molecule has 11 heteroatoms. The van der Waals surface area contributed by atoms with Gasteiger partial charge >= 0.3 is 6.03 Å². The van der Waals surface area contributed by atoms with Gasteiger partial charge in [0.1, 0.15) is 12.1 Å². The fourth-order valence-corrected chi connectivity index (χ4v) is 7.31. The molecule has 1 aliphatic heterocycles. The van der Waals surface area contributed by atoms with Crippen LogP contribution in [0.5, 0.6) is 0 Å². The SMILES string of the molecule is CC(=O)[C@@H](NC(=O)N[C@H](C(=O)N1CC2[C@@H]([C@H]1C(=O)NC(CC1CC1)C(=O)C(N)=O)C2(C)C)C(C)(C)C)C1CCCCC1. The van der Waals surface area contributed by atoms with Gasteiger partial charge in [-0.1, -0.05) is 66.7 Å². The lowest BCUT2D eigenvalue weighted by molar-refractivity contribution is -0.145. The van der Waals surface area contributed by atoms with Crippen molar-refractivity contribution in [2.24, 2.45) is 40.2 Å². The molecule has 2 unspecified atom stereocenters. The van der Waals surface area contributed by atoms with Crippen molar-refractivity contribution in [1.82, 2.24) is 20.9 Å². The van der Waals surface area contributed by atoms with E-state index >= 15 is 0 Å². The van der Waals surface area contributed by atoms with Gasteiger partial charge in [-0.15, -0.1) is 0 Å². The summed E-state index contributed by atoms with van der Waals surface area (Å²) >= 11 is 0. The lowest BCUT2D eigenvalue weighted by atomic mass is 9.82. The number of nitrogens with one attached hydrogen (secondary N) is 3. The molecule has 11 nitrogen and oxygen atoms in total. The monoisotopic (exact) mass is 587 g/mol. The van der Waals surface area contributed by atoms with Crippen molar-refractivity contribution in [2.45, 2.75) is 117 Å². The summed E-state index contributed by atoms with van der Waals surface area (Å²) in [7, 11) is 0. The van der Waals surface area contributed by atoms with Crippen LogP contribution >= 0.6 is 0 Å². The number of ketones is 2. The van der Waals surface area contributed by atoms with Crippen LogP contribution in [0, 0.1) is 34.5 Å². The first-order chi connectivity index (χ1) is 19.5. The second-order valence-electron chi connectivity index (χ2n) is 14.8. The molecular weight excluding hydrogens is 538 g/mol. The van der Waals surface area contributed by atoms with E-state index in [2.05, 4.69) is 29.8 Å². The maximum atomic E-state index is 14.2. The molecule has 0 radical (unpaired) electrons. The van der Waals surface area contributed by atoms with E-state index in [4.69, 9.17) is 5.73 Å². The minimum atomic E-state index is -1.09. The quantitative estimate of drug-likeness (QED) is 0.270. The third-order valence-corrected chi connectivity index (χ3v) is 10.1. The third kappa shape index (κ3) is 6.80. The van der Waals surface area contributed by atoms with Crippen molar-refractivity contribution in [3.63, 3.8) is 0 Å². The van der Waals surface area contributed by atoms with Gasteiger partial charge in [0.25, 0.3) is 5.91 Å². The number of nitrogens with zero attached hydrogens (tertiary/aromatic N) is 1. The van der Waals surface area contributed by atoms with Gasteiger partial charge in [0.15, 0.2) is 5.78 Å². The number of piperidine rings is 1.